The van der Waals surface area contributed by atoms with Gasteiger partial charge in [-0.05, 0) is 26.0 Å². The standard InChI is InChI=1S/C16H18Cl2N2O2S/c1-10(2)20(11(3)21)7-13-9-23-16(19-13)8-22-15-6-12(17)4-5-14(15)18/h4-6,9-10H,7-8H2,1-3H3. The number of aromatic nitrogens is 1. The molecule has 0 saturated heterocycles. The van der Waals surface area contributed by atoms with E-state index in [1.54, 1.807) is 30.0 Å². The third kappa shape index (κ3) is 5.09. The second kappa shape index (κ2) is 7.99. The van der Waals surface area contributed by atoms with E-state index < -0.39 is 0 Å². The summed E-state index contributed by atoms with van der Waals surface area (Å²) in [5, 5.41) is 3.84. The highest BCUT2D eigenvalue weighted by Gasteiger charge is 2.15. The van der Waals surface area contributed by atoms with Gasteiger partial charge in [0.1, 0.15) is 17.4 Å². The fraction of sp³-hybridized carbons (Fsp3) is 0.375. The first-order valence-corrected chi connectivity index (χ1v) is 8.78. The lowest BCUT2D eigenvalue weighted by Crippen LogP contribution is -2.34. The van der Waals surface area contributed by atoms with Crippen molar-refractivity contribution < 1.29 is 9.53 Å². The van der Waals surface area contributed by atoms with Crippen LogP contribution in [0.2, 0.25) is 10.0 Å². The molecule has 0 unspecified atom stereocenters. The van der Waals surface area contributed by atoms with Crippen LogP contribution in [0.25, 0.3) is 0 Å². The van der Waals surface area contributed by atoms with Gasteiger partial charge < -0.3 is 9.64 Å². The Bertz CT molecular complexity index is 688. The van der Waals surface area contributed by atoms with Gasteiger partial charge in [-0.1, -0.05) is 23.2 Å². The molecule has 4 nitrogen and oxygen atoms in total. The third-order valence-electron chi connectivity index (χ3n) is 3.20. The van der Waals surface area contributed by atoms with Crippen molar-refractivity contribution in [3.8, 4) is 5.75 Å². The summed E-state index contributed by atoms with van der Waals surface area (Å²) in [6.45, 7) is 6.35. The molecule has 1 aromatic heterocycles. The van der Waals surface area contributed by atoms with E-state index in [9.17, 15) is 4.79 Å². The number of amides is 1. The Morgan fingerprint density at radius 3 is 2.78 bits per heavy atom. The van der Waals surface area contributed by atoms with Crippen LogP contribution < -0.4 is 4.74 Å². The summed E-state index contributed by atoms with van der Waals surface area (Å²) in [7, 11) is 0. The van der Waals surface area contributed by atoms with Gasteiger partial charge in [0.2, 0.25) is 5.91 Å². The predicted octanol–water partition coefficient (Wildman–Crippen LogP) is 4.79. The molecule has 2 aromatic rings. The van der Waals surface area contributed by atoms with Crippen LogP contribution in [0.15, 0.2) is 23.6 Å². The number of thiazole rings is 1. The van der Waals surface area contributed by atoms with Crippen LogP contribution in [0.3, 0.4) is 0 Å². The van der Waals surface area contributed by atoms with Crippen molar-refractivity contribution in [3.05, 3.63) is 44.3 Å². The van der Waals surface area contributed by atoms with E-state index >= 15 is 0 Å². The number of nitrogens with zero attached hydrogens (tertiary/aromatic N) is 2. The van der Waals surface area contributed by atoms with Crippen molar-refractivity contribution in [3.63, 3.8) is 0 Å². The van der Waals surface area contributed by atoms with Crippen molar-refractivity contribution in [2.24, 2.45) is 0 Å². The normalized spacial score (nSPS) is 10.9. The topological polar surface area (TPSA) is 42.4 Å². The Balaban J connectivity index is 1.99. The number of carbonyl (C=O) groups excluding carboxylic acids is 1. The van der Waals surface area contributed by atoms with E-state index in [-0.39, 0.29) is 11.9 Å². The summed E-state index contributed by atoms with van der Waals surface area (Å²) in [6, 6.07) is 5.22. The van der Waals surface area contributed by atoms with Gasteiger partial charge in [0.25, 0.3) is 0 Å². The molecule has 0 radical (unpaired) electrons. The number of ether oxygens (including phenoxy) is 1. The zero-order valence-electron chi connectivity index (χ0n) is 13.2. The minimum Gasteiger partial charge on any atom is -0.485 e. The third-order valence-corrected chi connectivity index (χ3v) is 4.62. The molecule has 0 aliphatic carbocycles. The number of halogens is 2. The smallest absolute Gasteiger partial charge is 0.220 e. The van der Waals surface area contributed by atoms with E-state index in [1.165, 1.54) is 11.3 Å². The van der Waals surface area contributed by atoms with Gasteiger partial charge in [0.05, 0.1) is 17.3 Å². The van der Waals surface area contributed by atoms with E-state index in [0.29, 0.717) is 28.9 Å². The van der Waals surface area contributed by atoms with E-state index in [1.807, 2.05) is 19.2 Å². The Hall–Kier alpha value is -1.30. The zero-order chi connectivity index (χ0) is 17.0. The molecule has 0 atom stereocenters. The van der Waals surface area contributed by atoms with Crippen LogP contribution in [0.1, 0.15) is 31.5 Å². The summed E-state index contributed by atoms with van der Waals surface area (Å²) in [6.07, 6.45) is 0. The summed E-state index contributed by atoms with van der Waals surface area (Å²) in [5.41, 5.74) is 0.856. The maximum absolute atomic E-state index is 11.6. The SMILES string of the molecule is CC(=O)N(Cc1csc(COc2cc(Cl)ccc2Cl)n1)C(C)C. The Labute approximate surface area is 150 Å². The number of hydrogen-bond acceptors (Lipinski definition) is 4. The maximum Gasteiger partial charge on any atom is 0.220 e. The molecular formula is C16H18Cl2N2O2S. The van der Waals surface area contributed by atoms with Gasteiger partial charge in [-0.3, -0.25) is 4.79 Å². The molecule has 0 saturated carbocycles. The van der Waals surface area contributed by atoms with Crippen LogP contribution in [-0.4, -0.2) is 21.8 Å². The Kier molecular flexibility index (Phi) is 6.27. The summed E-state index contributed by atoms with van der Waals surface area (Å²) in [5.74, 6) is 0.569. The quantitative estimate of drug-likeness (QED) is 0.732. The average molecular weight is 373 g/mol. The van der Waals surface area contributed by atoms with Crippen LogP contribution in [-0.2, 0) is 17.9 Å². The Morgan fingerprint density at radius 1 is 1.39 bits per heavy atom. The molecule has 0 bridgehead atoms. The minimum absolute atomic E-state index is 0.0384. The van der Waals surface area contributed by atoms with Gasteiger partial charge >= 0.3 is 0 Å². The summed E-state index contributed by atoms with van der Waals surface area (Å²) in [4.78, 5) is 17.9. The van der Waals surface area contributed by atoms with E-state index in [2.05, 4.69) is 4.98 Å². The number of carbonyl (C=O) groups is 1. The van der Waals surface area contributed by atoms with Gasteiger partial charge in [0.15, 0.2) is 0 Å². The van der Waals surface area contributed by atoms with Crippen LogP contribution in [0.4, 0.5) is 0 Å². The molecule has 0 spiro atoms. The highest BCUT2D eigenvalue weighted by atomic mass is 35.5. The molecule has 1 heterocycles. The highest BCUT2D eigenvalue weighted by Crippen LogP contribution is 2.28. The van der Waals surface area contributed by atoms with E-state index in [4.69, 9.17) is 27.9 Å². The van der Waals surface area contributed by atoms with Crippen LogP contribution in [0.5, 0.6) is 5.75 Å². The molecule has 2 rings (SSSR count). The zero-order valence-corrected chi connectivity index (χ0v) is 15.5. The van der Waals surface area contributed by atoms with Crippen molar-refractivity contribution in [1.29, 1.82) is 0 Å². The summed E-state index contributed by atoms with van der Waals surface area (Å²) >= 11 is 13.5. The number of benzene rings is 1. The van der Waals surface area contributed by atoms with Gasteiger partial charge in [-0.2, -0.15) is 0 Å². The molecule has 0 fully saturated rings. The molecule has 124 valence electrons. The monoisotopic (exact) mass is 372 g/mol. The first-order chi connectivity index (χ1) is 10.9. The van der Waals surface area contributed by atoms with Crippen LogP contribution in [0, 0.1) is 0 Å². The van der Waals surface area contributed by atoms with Crippen molar-refractivity contribution in [1.82, 2.24) is 9.88 Å². The molecule has 1 amide bonds. The molecular weight excluding hydrogens is 355 g/mol. The summed E-state index contributed by atoms with van der Waals surface area (Å²) < 4.78 is 5.67. The maximum atomic E-state index is 11.6. The second-order valence-corrected chi connectivity index (χ2v) is 7.12. The van der Waals surface area contributed by atoms with Gasteiger partial charge in [0, 0.05) is 29.4 Å². The molecule has 0 aliphatic heterocycles. The first kappa shape index (κ1) is 18.0. The fourth-order valence-corrected chi connectivity index (χ4v) is 3.08. The lowest BCUT2D eigenvalue weighted by molar-refractivity contribution is -0.131. The van der Waals surface area contributed by atoms with Gasteiger partial charge in [-0.15, -0.1) is 11.3 Å². The Morgan fingerprint density at radius 2 is 2.13 bits per heavy atom. The first-order valence-electron chi connectivity index (χ1n) is 7.15. The average Bonchev–Trinajstić information content (AvgIpc) is 2.93. The highest BCUT2D eigenvalue weighted by molar-refractivity contribution is 7.09. The lowest BCUT2D eigenvalue weighted by atomic mass is 10.3. The second-order valence-electron chi connectivity index (χ2n) is 5.34. The molecule has 0 N–H and O–H groups in total. The van der Waals surface area contributed by atoms with Crippen molar-refractivity contribution >= 4 is 40.4 Å². The minimum atomic E-state index is 0.0384. The number of hydrogen-bond donors (Lipinski definition) is 0. The van der Waals surface area contributed by atoms with E-state index in [0.717, 1.165) is 10.7 Å². The molecule has 23 heavy (non-hydrogen) atoms. The molecule has 0 aliphatic rings. The number of rotatable bonds is 6. The van der Waals surface area contributed by atoms with Crippen LogP contribution >= 0.6 is 34.5 Å². The fourth-order valence-electron chi connectivity index (χ4n) is 2.05. The van der Waals surface area contributed by atoms with Crippen molar-refractivity contribution in [2.75, 3.05) is 0 Å². The lowest BCUT2D eigenvalue weighted by Gasteiger charge is -2.24. The predicted molar refractivity (Wildman–Crippen MR) is 94.3 cm³/mol. The molecule has 7 heteroatoms. The molecule has 1 aromatic carbocycles. The largest absolute Gasteiger partial charge is 0.485 e. The van der Waals surface area contributed by atoms with Crippen molar-refractivity contribution in [2.45, 2.75) is 40.0 Å². The van der Waals surface area contributed by atoms with Gasteiger partial charge in [-0.25, -0.2) is 4.98 Å².